The van der Waals surface area contributed by atoms with Gasteiger partial charge >= 0.3 is 0 Å². The van der Waals surface area contributed by atoms with Crippen LogP contribution in [0.25, 0.3) is 5.69 Å². The average Bonchev–Trinajstić information content (AvgIpc) is 2.61. The van der Waals surface area contributed by atoms with Crippen LogP contribution in [0.1, 0.15) is 17.0 Å². The Labute approximate surface area is 88.4 Å². The van der Waals surface area contributed by atoms with E-state index in [1.807, 2.05) is 38.1 Å². The van der Waals surface area contributed by atoms with Crippen molar-refractivity contribution in [2.24, 2.45) is 0 Å². The summed E-state index contributed by atoms with van der Waals surface area (Å²) < 4.78 is 1.74. The van der Waals surface area contributed by atoms with Crippen LogP contribution in [0.15, 0.2) is 30.3 Å². The lowest BCUT2D eigenvalue weighted by Crippen LogP contribution is -1.99. The molecular weight excluding hydrogens is 188 g/mol. The number of rotatable bonds is 2. The standard InChI is InChI=1S/C12H11N2O/c1-9-3-5-12(6-4-9)14-10(2)7-11(8-15)13-14/h3-7H,1-2H3. The molecule has 2 aromatic rings. The molecule has 0 spiro atoms. The van der Waals surface area contributed by atoms with Gasteiger partial charge in [-0.25, -0.2) is 4.68 Å². The van der Waals surface area contributed by atoms with E-state index < -0.39 is 0 Å². The Bertz CT molecular complexity index is 483. The first-order chi connectivity index (χ1) is 7.20. The summed E-state index contributed by atoms with van der Waals surface area (Å²) in [5.74, 6) is 0. The van der Waals surface area contributed by atoms with Crippen molar-refractivity contribution in [1.82, 2.24) is 9.78 Å². The van der Waals surface area contributed by atoms with Gasteiger partial charge in [-0.05, 0) is 32.0 Å². The van der Waals surface area contributed by atoms with Crippen LogP contribution in [0.2, 0.25) is 0 Å². The van der Waals surface area contributed by atoms with Gasteiger partial charge in [-0.2, -0.15) is 5.10 Å². The molecule has 75 valence electrons. The van der Waals surface area contributed by atoms with Gasteiger partial charge in [-0.3, -0.25) is 4.79 Å². The largest absolute Gasteiger partial charge is 0.283 e. The van der Waals surface area contributed by atoms with Crippen LogP contribution in [0, 0.1) is 13.8 Å². The van der Waals surface area contributed by atoms with Gasteiger partial charge in [-0.15, -0.1) is 0 Å². The predicted octanol–water partition coefficient (Wildman–Crippen LogP) is 1.95. The van der Waals surface area contributed by atoms with E-state index in [4.69, 9.17) is 0 Å². The van der Waals surface area contributed by atoms with Gasteiger partial charge in [0.05, 0.1) is 5.69 Å². The van der Waals surface area contributed by atoms with Crippen molar-refractivity contribution in [3.05, 3.63) is 47.3 Å². The first-order valence-electron chi connectivity index (χ1n) is 4.72. The summed E-state index contributed by atoms with van der Waals surface area (Å²) >= 11 is 0. The summed E-state index contributed by atoms with van der Waals surface area (Å²) in [6.45, 7) is 3.94. The summed E-state index contributed by atoms with van der Waals surface area (Å²) in [6.07, 6.45) is 1.79. The van der Waals surface area contributed by atoms with Crippen LogP contribution in [0.3, 0.4) is 0 Å². The van der Waals surface area contributed by atoms with Crippen molar-refractivity contribution in [3.63, 3.8) is 0 Å². The fourth-order valence-corrected chi connectivity index (χ4v) is 1.47. The molecule has 0 aliphatic carbocycles. The van der Waals surface area contributed by atoms with E-state index in [9.17, 15) is 4.79 Å². The van der Waals surface area contributed by atoms with Gasteiger partial charge in [0.1, 0.15) is 5.69 Å². The molecule has 0 bridgehead atoms. The van der Waals surface area contributed by atoms with Crippen LogP contribution in [-0.4, -0.2) is 16.1 Å². The van der Waals surface area contributed by atoms with E-state index >= 15 is 0 Å². The number of hydrogen-bond donors (Lipinski definition) is 0. The minimum atomic E-state index is 0.341. The highest BCUT2D eigenvalue weighted by atomic mass is 16.1. The van der Waals surface area contributed by atoms with Gasteiger partial charge in [-0.1, -0.05) is 17.7 Å². The molecular formula is C12H11N2O. The highest BCUT2D eigenvalue weighted by Gasteiger charge is 2.05. The van der Waals surface area contributed by atoms with Crippen molar-refractivity contribution in [3.8, 4) is 5.69 Å². The van der Waals surface area contributed by atoms with Gasteiger partial charge in [0.25, 0.3) is 6.29 Å². The number of nitrogens with zero attached hydrogens (tertiary/aromatic N) is 2. The number of benzene rings is 1. The third-order valence-corrected chi connectivity index (χ3v) is 2.27. The first kappa shape index (κ1) is 9.65. The summed E-state index contributed by atoms with van der Waals surface area (Å²) in [7, 11) is 0. The second kappa shape index (κ2) is 3.69. The monoisotopic (exact) mass is 199 g/mol. The second-order valence-electron chi connectivity index (χ2n) is 3.52. The average molecular weight is 199 g/mol. The maximum absolute atomic E-state index is 10.5. The lowest BCUT2D eigenvalue weighted by molar-refractivity contribution is 0.561. The van der Waals surface area contributed by atoms with Crippen molar-refractivity contribution in [2.45, 2.75) is 13.8 Å². The number of aromatic nitrogens is 2. The zero-order chi connectivity index (χ0) is 10.8. The minimum Gasteiger partial charge on any atom is -0.283 e. The third kappa shape index (κ3) is 1.81. The molecule has 3 nitrogen and oxygen atoms in total. The molecule has 0 atom stereocenters. The molecule has 0 N–H and O–H groups in total. The van der Waals surface area contributed by atoms with Crippen LogP contribution in [0.5, 0.6) is 0 Å². The summed E-state index contributed by atoms with van der Waals surface area (Å²) in [4.78, 5) is 10.5. The normalized spacial score (nSPS) is 10.3. The fourth-order valence-electron chi connectivity index (χ4n) is 1.47. The minimum absolute atomic E-state index is 0.341. The summed E-state index contributed by atoms with van der Waals surface area (Å²) in [5.41, 5.74) is 3.43. The van der Waals surface area contributed by atoms with Gasteiger partial charge < -0.3 is 0 Å². The topological polar surface area (TPSA) is 34.9 Å². The molecule has 3 heteroatoms. The molecule has 0 amide bonds. The third-order valence-electron chi connectivity index (χ3n) is 2.27. The fraction of sp³-hybridized carbons (Fsp3) is 0.167. The SMILES string of the molecule is Cc1ccc(-n2nc([C]=O)cc2C)cc1. The summed E-state index contributed by atoms with van der Waals surface area (Å²) in [5, 5.41) is 4.12. The Morgan fingerprint density at radius 1 is 1.20 bits per heavy atom. The Hall–Kier alpha value is -1.90. The van der Waals surface area contributed by atoms with E-state index in [2.05, 4.69) is 5.10 Å². The molecule has 1 aromatic carbocycles. The quantitative estimate of drug-likeness (QED) is 0.740. The Morgan fingerprint density at radius 2 is 1.87 bits per heavy atom. The molecule has 0 saturated heterocycles. The first-order valence-corrected chi connectivity index (χ1v) is 4.72. The van der Waals surface area contributed by atoms with Crippen LogP contribution in [0.4, 0.5) is 0 Å². The highest BCUT2D eigenvalue weighted by Crippen LogP contribution is 2.12. The van der Waals surface area contributed by atoms with Gasteiger partial charge in [0.2, 0.25) is 0 Å². The molecule has 1 radical (unpaired) electrons. The van der Waals surface area contributed by atoms with E-state index in [1.54, 1.807) is 17.0 Å². The van der Waals surface area contributed by atoms with Crippen LogP contribution in [-0.2, 0) is 4.79 Å². The molecule has 1 heterocycles. The predicted molar refractivity (Wildman–Crippen MR) is 57.8 cm³/mol. The smallest absolute Gasteiger partial charge is 0.255 e. The maximum atomic E-state index is 10.5. The van der Waals surface area contributed by atoms with Gasteiger partial charge in [0, 0.05) is 5.69 Å². The molecule has 1 aromatic heterocycles. The van der Waals surface area contributed by atoms with E-state index in [1.165, 1.54) is 5.56 Å². The molecule has 0 saturated carbocycles. The lowest BCUT2D eigenvalue weighted by Gasteiger charge is -2.03. The van der Waals surface area contributed by atoms with E-state index in [-0.39, 0.29) is 0 Å². The van der Waals surface area contributed by atoms with Gasteiger partial charge in [0.15, 0.2) is 0 Å². The number of aryl methyl sites for hydroxylation is 2. The van der Waals surface area contributed by atoms with Crippen molar-refractivity contribution in [2.75, 3.05) is 0 Å². The summed E-state index contributed by atoms with van der Waals surface area (Å²) in [6, 6.07) is 9.70. The van der Waals surface area contributed by atoms with Crippen LogP contribution < -0.4 is 0 Å². The van der Waals surface area contributed by atoms with E-state index in [0.717, 1.165) is 11.4 Å². The maximum Gasteiger partial charge on any atom is 0.255 e. The van der Waals surface area contributed by atoms with Crippen molar-refractivity contribution < 1.29 is 4.79 Å². The Balaban J connectivity index is 2.48. The molecule has 2 rings (SSSR count). The highest BCUT2D eigenvalue weighted by molar-refractivity contribution is 5.72. The molecule has 0 fully saturated rings. The lowest BCUT2D eigenvalue weighted by atomic mass is 10.2. The second-order valence-corrected chi connectivity index (χ2v) is 3.52. The molecule has 0 aliphatic rings. The Morgan fingerprint density at radius 3 is 2.40 bits per heavy atom. The number of hydrogen-bond acceptors (Lipinski definition) is 2. The van der Waals surface area contributed by atoms with E-state index in [0.29, 0.717) is 5.69 Å². The molecule has 0 aliphatic heterocycles. The van der Waals surface area contributed by atoms with Crippen LogP contribution >= 0.6 is 0 Å². The van der Waals surface area contributed by atoms with Crippen molar-refractivity contribution >= 4 is 6.29 Å². The molecule has 15 heavy (non-hydrogen) atoms. The zero-order valence-electron chi connectivity index (χ0n) is 8.69. The number of carbonyl (C=O) groups excluding carboxylic acids is 1. The molecule has 0 unspecified atom stereocenters. The Kier molecular flexibility index (Phi) is 2.37. The zero-order valence-corrected chi connectivity index (χ0v) is 8.69. The van der Waals surface area contributed by atoms with Crippen molar-refractivity contribution in [1.29, 1.82) is 0 Å².